The van der Waals surface area contributed by atoms with Crippen LogP contribution in [-0.4, -0.2) is 48.3 Å². The predicted octanol–water partition coefficient (Wildman–Crippen LogP) is 3.51. The van der Waals surface area contributed by atoms with Crippen LogP contribution in [0.2, 0.25) is 0 Å². The zero-order valence-electron chi connectivity index (χ0n) is 19.1. The molecule has 33 heavy (non-hydrogen) atoms. The molecule has 1 amide bonds. The number of hydrazone groups is 1. The van der Waals surface area contributed by atoms with E-state index in [-0.39, 0.29) is 24.1 Å². The molecule has 1 aliphatic rings. The van der Waals surface area contributed by atoms with Crippen LogP contribution in [0.5, 0.6) is 0 Å². The highest BCUT2D eigenvalue weighted by atomic mass is 32.2. The lowest BCUT2D eigenvalue weighted by molar-refractivity contribution is -0.126. The number of carbonyl (C=O) groups is 1. The number of aromatic nitrogens is 1. The molecule has 8 heteroatoms. The van der Waals surface area contributed by atoms with Gasteiger partial charge in [0, 0.05) is 42.3 Å². The van der Waals surface area contributed by atoms with Gasteiger partial charge in [-0.2, -0.15) is 5.10 Å². The van der Waals surface area contributed by atoms with Crippen molar-refractivity contribution in [2.75, 3.05) is 18.8 Å². The molecule has 1 atom stereocenters. The van der Waals surface area contributed by atoms with Crippen molar-refractivity contribution >= 4 is 33.0 Å². The number of nitrogens with zero attached hydrogens (tertiary/aromatic N) is 3. The number of sulfonamides is 1. The second-order valence-corrected chi connectivity index (χ2v) is 10.8. The van der Waals surface area contributed by atoms with Crippen LogP contribution in [0.1, 0.15) is 36.5 Å². The maximum absolute atomic E-state index is 12.6. The normalized spacial score (nSPS) is 17.6. The van der Waals surface area contributed by atoms with Gasteiger partial charge in [-0.05, 0) is 38.3 Å². The molecule has 0 radical (unpaired) electrons. The summed E-state index contributed by atoms with van der Waals surface area (Å²) in [7, 11) is -3.29. The number of amides is 1. The molecule has 1 aromatic heterocycles. The number of fused-ring (bicyclic) bond motifs is 1. The van der Waals surface area contributed by atoms with Crippen molar-refractivity contribution in [3.05, 3.63) is 71.4 Å². The molecular formula is C25H30N4O3S. The molecule has 1 saturated heterocycles. The molecule has 2 heterocycles. The first kappa shape index (κ1) is 23.2. The van der Waals surface area contributed by atoms with E-state index in [4.69, 9.17) is 0 Å². The van der Waals surface area contributed by atoms with Crippen molar-refractivity contribution in [3.8, 4) is 0 Å². The number of hydrogen-bond acceptors (Lipinski definition) is 4. The minimum absolute atomic E-state index is 0.0478. The van der Waals surface area contributed by atoms with E-state index < -0.39 is 10.0 Å². The molecule has 1 unspecified atom stereocenters. The summed E-state index contributed by atoms with van der Waals surface area (Å²) in [6.07, 6.45) is 5.03. The van der Waals surface area contributed by atoms with Crippen molar-refractivity contribution in [3.63, 3.8) is 0 Å². The Morgan fingerprint density at radius 3 is 2.70 bits per heavy atom. The van der Waals surface area contributed by atoms with Crippen LogP contribution < -0.4 is 5.43 Å². The minimum atomic E-state index is -3.29. The Morgan fingerprint density at radius 1 is 1.18 bits per heavy atom. The van der Waals surface area contributed by atoms with Gasteiger partial charge in [0.2, 0.25) is 15.9 Å². The standard InChI is InChI=1S/C25H30N4O3S/c1-3-33(31,32)29-14-6-7-21(18-29)25(30)27-26-15-22-17-28(24-9-5-4-8-23(22)24)16-20-12-10-19(2)11-13-20/h4-5,8-13,15,17,21H,3,6-7,14,16,18H2,1-2H3,(H,27,30)/b26-15+. The van der Waals surface area contributed by atoms with Gasteiger partial charge >= 0.3 is 0 Å². The zero-order chi connectivity index (χ0) is 23.4. The fourth-order valence-electron chi connectivity index (χ4n) is 4.25. The molecular weight excluding hydrogens is 436 g/mol. The summed E-state index contributed by atoms with van der Waals surface area (Å²) in [6.45, 7) is 5.13. The average Bonchev–Trinajstić information content (AvgIpc) is 3.18. The van der Waals surface area contributed by atoms with Gasteiger partial charge in [0.1, 0.15) is 0 Å². The monoisotopic (exact) mass is 466 g/mol. The first-order valence-corrected chi connectivity index (χ1v) is 12.9. The Kier molecular flexibility index (Phi) is 6.95. The highest BCUT2D eigenvalue weighted by molar-refractivity contribution is 7.89. The zero-order valence-corrected chi connectivity index (χ0v) is 19.9. The molecule has 1 aliphatic heterocycles. The van der Waals surface area contributed by atoms with Crippen LogP contribution >= 0.6 is 0 Å². The van der Waals surface area contributed by atoms with E-state index >= 15 is 0 Å². The highest BCUT2D eigenvalue weighted by Crippen LogP contribution is 2.22. The number of para-hydroxylation sites is 1. The van der Waals surface area contributed by atoms with E-state index in [2.05, 4.69) is 52.3 Å². The summed E-state index contributed by atoms with van der Waals surface area (Å²) >= 11 is 0. The number of rotatable bonds is 7. The second-order valence-electron chi connectivity index (χ2n) is 8.55. The summed E-state index contributed by atoms with van der Waals surface area (Å²) in [4.78, 5) is 12.6. The molecule has 0 spiro atoms. The van der Waals surface area contributed by atoms with Gasteiger partial charge in [0.25, 0.3) is 0 Å². The number of aryl methyl sites for hydroxylation is 1. The smallest absolute Gasteiger partial charge is 0.244 e. The Morgan fingerprint density at radius 2 is 1.94 bits per heavy atom. The summed E-state index contributed by atoms with van der Waals surface area (Å²) in [5.74, 6) is -0.586. The topological polar surface area (TPSA) is 83.8 Å². The van der Waals surface area contributed by atoms with Crippen molar-refractivity contribution in [1.82, 2.24) is 14.3 Å². The largest absolute Gasteiger partial charge is 0.342 e. The van der Waals surface area contributed by atoms with Crippen molar-refractivity contribution in [2.24, 2.45) is 11.0 Å². The minimum Gasteiger partial charge on any atom is -0.342 e. The summed E-state index contributed by atoms with van der Waals surface area (Å²) in [5.41, 5.74) is 7.07. The van der Waals surface area contributed by atoms with Gasteiger partial charge in [-0.15, -0.1) is 0 Å². The summed E-state index contributed by atoms with van der Waals surface area (Å²) in [6, 6.07) is 16.6. The molecule has 0 aliphatic carbocycles. The Labute approximate surface area is 195 Å². The van der Waals surface area contributed by atoms with Gasteiger partial charge in [0.05, 0.1) is 17.9 Å². The Hall–Kier alpha value is -2.97. The van der Waals surface area contributed by atoms with E-state index in [0.29, 0.717) is 19.4 Å². The van der Waals surface area contributed by atoms with Crippen LogP contribution in [0.15, 0.2) is 59.8 Å². The predicted molar refractivity (Wildman–Crippen MR) is 132 cm³/mol. The van der Waals surface area contributed by atoms with Gasteiger partial charge in [-0.25, -0.2) is 18.1 Å². The van der Waals surface area contributed by atoms with Crippen LogP contribution in [0.4, 0.5) is 0 Å². The molecule has 4 rings (SSSR count). The molecule has 7 nitrogen and oxygen atoms in total. The lowest BCUT2D eigenvalue weighted by atomic mass is 9.99. The molecule has 0 bridgehead atoms. The van der Waals surface area contributed by atoms with Crippen LogP contribution in [0.3, 0.4) is 0 Å². The van der Waals surface area contributed by atoms with Gasteiger partial charge < -0.3 is 4.57 Å². The fourth-order valence-corrected chi connectivity index (χ4v) is 5.43. The van der Waals surface area contributed by atoms with E-state index in [1.54, 1.807) is 13.1 Å². The van der Waals surface area contributed by atoms with Gasteiger partial charge in [-0.1, -0.05) is 48.0 Å². The Balaban J connectivity index is 1.47. The van der Waals surface area contributed by atoms with E-state index in [1.165, 1.54) is 15.4 Å². The quantitative estimate of drug-likeness (QED) is 0.427. The number of benzene rings is 2. The molecule has 1 fully saturated rings. The van der Waals surface area contributed by atoms with Crippen molar-refractivity contribution in [2.45, 2.75) is 33.2 Å². The lowest BCUT2D eigenvalue weighted by Crippen LogP contribution is -2.45. The van der Waals surface area contributed by atoms with Crippen LogP contribution in [0.25, 0.3) is 10.9 Å². The van der Waals surface area contributed by atoms with Gasteiger partial charge in [-0.3, -0.25) is 4.79 Å². The number of carbonyl (C=O) groups excluding carboxylic acids is 1. The summed E-state index contributed by atoms with van der Waals surface area (Å²) < 4.78 is 27.9. The molecule has 2 aromatic carbocycles. The molecule has 0 saturated carbocycles. The maximum Gasteiger partial charge on any atom is 0.244 e. The van der Waals surface area contributed by atoms with E-state index in [1.807, 2.05) is 24.4 Å². The summed E-state index contributed by atoms with van der Waals surface area (Å²) in [5, 5.41) is 5.26. The number of nitrogens with one attached hydrogen (secondary N) is 1. The molecule has 174 valence electrons. The van der Waals surface area contributed by atoms with E-state index in [9.17, 15) is 13.2 Å². The maximum atomic E-state index is 12.6. The average molecular weight is 467 g/mol. The van der Waals surface area contributed by atoms with Crippen LogP contribution in [0, 0.1) is 12.8 Å². The fraction of sp³-hybridized carbons (Fsp3) is 0.360. The number of piperidine rings is 1. The Bertz CT molecular complexity index is 1260. The highest BCUT2D eigenvalue weighted by Gasteiger charge is 2.31. The van der Waals surface area contributed by atoms with Crippen molar-refractivity contribution < 1.29 is 13.2 Å². The van der Waals surface area contributed by atoms with Crippen LogP contribution in [-0.2, 0) is 21.4 Å². The van der Waals surface area contributed by atoms with E-state index in [0.717, 1.165) is 23.0 Å². The third kappa shape index (κ3) is 5.34. The molecule has 1 N–H and O–H groups in total. The van der Waals surface area contributed by atoms with Crippen molar-refractivity contribution in [1.29, 1.82) is 0 Å². The second kappa shape index (κ2) is 9.89. The third-order valence-corrected chi connectivity index (χ3v) is 8.03. The first-order chi connectivity index (χ1) is 15.9. The number of hydrogen-bond donors (Lipinski definition) is 1. The first-order valence-electron chi connectivity index (χ1n) is 11.3. The third-order valence-electron chi connectivity index (χ3n) is 6.18. The van der Waals surface area contributed by atoms with Gasteiger partial charge in [0.15, 0.2) is 0 Å². The SMILES string of the molecule is CCS(=O)(=O)N1CCCC(C(=O)N/N=C/c2cn(Cc3ccc(C)cc3)c3ccccc23)C1. The molecule has 3 aromatic rings. The lowest BCUT2D eigenvalue weighted by Gasteiger charge is -2.30.